The van der Waals surface area contributed by atoms with Crippen LogP contribution in [0.1, 0.15) is 54.6 Å². The molecule has 0 aliphatic heterocycles. The van der Waals surface area contributed by atoms with Gasteiger partial charge in [-0.2, -0.15) is 0 Å². The Labute approximate surface area is 255 Å². The second kappa shape index (κ2) is 16.4. The van der Waals surface area contributed by atoms with Gasteiger partial charge in [0.1, 0.15) is 17.9 Å². The van der Waals surface area contributed by atoms with Crippen LogP contribution in [-0.2, 0) is 9.59 Å². The summed E-state index contributed by atoms with van der Waals surface area (Å²) >= 11 is 0. The van der Waals surface area contributed by atoms with Crippen molar-refractivity contribution >= 4 is 40.4 Å². The normalized spacial score (nSPS) is 12.8. The topological polar surface area (TPSA) is 216 Å². The number of nitrogens with two attached hydrogens (primary N) is 4. The van der Waals surface area contributed by atoms with Crippen LogP contribution in [0.15, 0.2) is 76.7 Å². The number of hydrogen-bond acceptors (Lipinski definition) is 5. The average molecular weight is 606 g/mol. The molecule has 0 bridgehead atoms. The molecule has 0 fully saturated rings. The van der Waals surface area contributed by atoms with Crippen LogP contribution in [0.5, 0.6) is 0 Å². The molecule has 13 heteroatoms. The van der Waals surface area contributed by atoms with E-state index in [4.69, 9.17) is 22.9 Å². The van der Waals surface area contributed by atoms with Gasteiger partial charge in [0.05, 0.1) is 6.04 Å². The maximum atomic E-state index is 13.6. The molecule has 3 aromatic rings. The van der Waals surface area contributed by atoms with Crippen molar-refractivity contribution in [3.63, 3.8) is 0 Å². The second-order valence-corrected chi connectivity index (χ2v) is 10.3. The summed E-state index contributed by atoms with van der Waals surface area (Å²) in [5, 5.41) is 10.5. The van der Waals surface area contributed by atoms with Crippen molar-refractivity contribution in [1.29, 1.82) is 0 Å². The third kappa shape index (κ3) is 10.3. The first-order valence-electron chi connectivity index (χ1n) is 14.3. The number of guanidine groups is 2. The van der Waals surface area contributed by atoms with Gasteiger partial charge < -0.3 is 38.9 Å². The molecule has 0 unspecified atom stereocenters. The highest BCUT2D eigenvalue weighted by atomic mass is 19.1. The molecule has 3 aromatic carbocycles. The van der Waals surface area contributed by atoms with Crippen LogP contribution in [0.25, 0.3) is 10.8 Å². The average Bonchev–Trinajstić information content (AvgIpc) is 2.99. The van der Waals surface area contributed by atoms with Gasteiger partial charge in [-0.25, -0.2) is 4.39 Å². The van der Waals surface area contributed by atoms with E-state index in [-0.39, 0.29) is 49.5 Å². The lowest BCUT2D eigenvalue weighted by molar-refractivity contribution is -0.130. The zero-order valence-electron chi connectivity index (χ0n) is 24.6. The Bertz CT molecular complexity index is 1480. The van der Waals surface area contributed by atoms with E-state index in [1.54, 1.807) is 0 Å². The van der Waals surface area contributed by atoms with Crippen LogP contribution in [0.4, 0.5) is 4.39 Å². The zero-order chi connectivity index (χ0) is 32.1. The van der Waals surface area contributed by atoms with Gasteiger partial charge >= 0.3 is 0 Å². The van der Waals surface area contributed by atoms with Crippen LogP contribution in [0, 0.1) is 5.82 Å². The van der Waals surface area contributed by atoms with Crippen molar-refractivity contribution in [3.05, 3.63) is 83.7 Å². The van der Waals surface area contributed by atoms with E-state index in [1.807, 2.05) is 49.4 Å². The number of hydrogen-bond donors (Lipinski definition) is 7. The molecule has 12 nitrogen and oxygen atoms in total. The maximum Gasteiger partial charge on any atom is 0.251 e. The molecule has 44 heavy (non-hydrogen) atoms. The molecule has 0 saturated carbocycles. The Balaban J connectivity index is 1.79. The highest BCUT2D eigenvalue weighted by Gasteiger charge is 2.28. The van der Waals surface area contributed by atoms with Crippen LogP contribution in [0.2, 0.25) is 0 Å². The van der Waals surface area contributed by atoms with Crippen LogP contribution >= 0.6 is 0 Å². The maximum absolute atomic E-state index is 13.6. The number of rotatable bonds is 15. The van der Waals surface area contributed by atoms with Gasteiger partial charge in [-0.05, 0) is 73.2 Å². The molecular formula is C31H40FN9O3. The van der Waals surface area contributed by atoms with Crippen molar-refractivity contribution in [2.24, 2.45) is 32.9 Å². The fourth-order valence-corrected chi connectivity index (χ4v) is 4.68. The number of carbonyl (C=O) groups is 3. The Hall–Kier alpha value is -5.20. The first-order chi connectivity index (χ1) is 21.0. The molecule has 0 aromatic heterocycles. The van der Waals surface area contributed by atoms with Gasteiger partial charge in [-0.15, -0.1) is 0 Å². The minimum atomic E-state index is -1.04. The van der Waals surface area contributed by atoms with Crippen molar-refractivity contribution in [2.75, 3.05) is 13.1 Å². The number of nitrogens with one attached hydrogen (secondary N) is 3. The number of carbonyl (C=O) groups excluding carboxylic acids is 3. The lowest BCUT2D eigenvalue weighted by Crippen LogP contribution is -2.54. The summed E-state index contributed by atoms with van der Waals surface area (Å²) in [5.41, 5.74) is 22.8. The fraction of sp³-hybridized carbons (Fsp3) is 0.323. The number of benzene rings is 3. The molecule has 3 amide bonds. The lowest BCUT2D eigenvalue weighted by atomic mass is 9.99. The standard InChI is InChI=1S/C31H40FN9O3/c1-19(23-10-4-8-20-7-2-3-9-24(20)23)39-28(43)25(11-5-17-37-30(33)34)41-29(44)26(12-6-18-38-31(35)36)40-27(42)21-13-15-22(32)16-14-21/h2-4,7-10,13-16,19,25-26H,5-6,11-12,17-18H2,1H3,(H,39,43)(H,40,42)(H,41,44)(H4,33,34,37)(H4,35,36,38)/t19-,25-,26-/m0/s1. The summed E-state index contributed by atoms with van der Waals surface area (Å²) in [6.45, 7) is 2.35. The molecule has 0 heterocycles. The van der Waals surface area contributed by atoms with Crippen LogP contribution in [-0.4, -0.2) is 54.8 Å². The Morgan fingerprint density at radius 2 is 1.27 bits per heavy atom. The first-order valence-corrected chi connectivity index (χ1v) is 14.3. The van der Waals surface area contributed by atoms with Gasteiger partial charge in [-0.1, -0.05) is 42.5 Å². The molecule has 234 valence electrons. The molecule has 0 aliphatic carbocycles. The molecule has 0 radical (unpaired) electrons. The van der Waals surface area contributed by atoms with Crippen molar-refractivity contribution in [2.45, 2.75) is 50.7 Å². The smallest absolute Gasteiger partial charge is 0.251 e. The van der Waals surface area contributed by atoms with E-state index in [0.29, 0.717) is 12.8 Å². The van der Waals surface area contributed by atoms with E-state index in [2.05, 4.69) is 25.9 Å². The van der Waals surface area contributed by atoms with Gasteiger partial charge in [0.2, 0.25) is 11.8 Å². The monoisotopic (exact) mass is 605 g/mol. The Morgan fingerprint density at radius 1 is 0.727 bits per heavy atom. The molecule has 0 spiro atoms. The van der Waals surface area contributed by atoms with Crippen LogP contribution < -0.4 is 38.9 Å². The van der Waals surface area contributed by atoms with E-state index in [0.717, 1.165) is 28.5 Å². The van der Waals surface area contributed by atoms with Crippen LogP contribution in [0.3, 0.4) is 0 Å². The summed E-state index contributed by atoms with van der Waals surface area (Å²) in [6, 6.07) is 16.3. The van der Waals surface area contributed by atoms with Crippen molar-refractivity contribution < 1.29 is 18.8 Å². The molecule has 0 aliphatic rings. The SMILES string of the molecule is C[C@H](NC(=O)[C@H](CCCN=C(N)N)NC(=O)[C@H](CCCN=C(N)N)NC(=O)c1ccc(F)cc1)c1cccc2ccccc12. The summed E-state index contributed by atoms with van der Waals surface area (Å²) in [5.74, 6) is -2.24. The second-order valence-electron chi connectivity index (χ2n) is 10.3. The molecular weight excluding hydrogens is 565 g/mol. The highest BCUT2D eigenvalue weighted by Crippen LogP contribution is 2.24. The fourth-order valence-electron chi connectivity index (χ4n) is 4.68. The van der Waals surface area contributed by atoms with Gasteiger partial charge in [-0.3, -0.25) is 24.4 Å². The van der Waals surface area contributed by atoms with E-state index >= 15 is 0 Å². The minimum Gasteiger partial charge on any atom is -0.370 e. The predicted molar refractivity (Wildman–Crippen MR) is 170 cm³/mol. The number of fused-ring (bicyclic) bond motifs is 1. The highest BCUT2D eigenvalue weighted by molar-refractivity contribution is 5.98. The summed E-state index contributed by atoms with van der Waals surface area (Å²) in [4.78, 5) is 48.0. The lowest BCUT2D eigenvalue weighted by Gasteiger charge is -2.25. The summed E-state index contributed by atoms with van der Waals surface area (Å²) < 4.78 is 13.4. The van der Waals surface area contributed by atoms with Crippen molar-refractivity contribution in [3.8, 4) is 0 Å². The minimum absolute atomic E-state index is 0.0797. The Morgan fingerprint density at radius 3 is 1.89 bits per heavy atom. The quantitative estimate of drug-likeness (QED) is 0.0769. The first kappa shape index (κ1) is 33.3. The number of nitrogens with zero attached hydrogens (tertiary/aromatic N) is 2. The van der Waals surface area contributed by atoms with E-state index in [1.165, 1.54) is 12.1 Å². The van der Waals surface area contributed by atoms with Gasteiger partial charge in [0, 0.05) is 18.7 Å². The molecule has 3 rings (SSSR count). The predicted octanol–water partition coefficient (Wildman–Crippen LogP) is 1.55. The van der Waals surface area contributed by atoms with E-state index in [9.17, 15) is 18.8 Å². The molecule has 3 atom stereocenters. The largest absolute Gasteiger partial charge is 0.370 e. The summed E-state index contributed by atoms with van der Waals surface area (Å²) in [7, 11) is 0. The van der Waals surface area contributed by atoms with Gasteiger partial charge in [0.15, 0.2) is 11.9 Å². The van der Waals surface area contributed by atoms with Gasteiger partial charge in [0.25, 0.3) is 5.91 Å². The van der Waals surface area contributed by atoms with E-state index < -0.39 is 35.6 Å². The number of halogens is 1. The third-order valence-corrected chi connectivity index (χ3v) is 6.90. The zero-order valence-corrected chi connectivity index (χ0v) is 24.6. The number of aliphatic imine (C=N–C) groups is 2. The number of amides is 3. The van der Waals surface area contributed by atoms with Crippen molar-refractivity contribution in [1.82, 2.24) is 16.0 Å². The third-order valence-electron chi connectivity index (χ3n) is 6.90. The Kier molecular flexibility index (Phi) is 12.4. The molecule has 0 saturated heterocycles. The molecule has 11 N–H and O–H groups in total. The summed E-state index contributed by atoms with van der Waals surface area (Å²) in [6.07, 6.45) is 1.16.